The van der Waals surface area contributed by atoms with E-state index in [4.69, 9.17) is 9.15 Å². The Hall–Kier alpha value is -3.22. The highest BCUT2D eigenvalue weighted by Crippen LogP contribution is 2.19. The molecule has 0 spiro atoms. The second-order valence-electron chi connectivity index (χ2n) is 5.80. The van der Waals surface area contributed by atoms with Gasteiger partial charge in [0.05, 0.1) is 24.9 Å². The highest BCUT2D eigenvalue weighted by atomic mass is 16.5. The predicted molar refractivity (Wildman–Crippen MR) is 97.0 cm³/mol. The van der Waals surface area contributed by atoms with Crippen molar-refractivity contribution in [3.05, 3.63) is 53.9 Å². The number of carbonyl (C=O) groups excluding carboxylic acids is 2. The Bertz CT molecular complexity index is 909. The van der Waals surface area contributed by atoms with Crippen LogP contribution in [0.4, 0.5) is 0 Å². The van der Waals surface area contributed by atoms with E-state index in [1.54, 1.807) is 30.0 Å². The zero-order valence-corrected chi connectivity index (χ0v) is 14.7. The van der Waals surface area contributed by atoms with E-state index in [2.05, 4.69) is 10.6 Å². The van der Waals surface area contributed by atoms with Crippen molar-refractivity contribution in [1.82, 2.24) is 15.2 Å². The number of aryl methyl sites for hydroxylation is 1. The van der Waals surface area contributed by atoms with Crippen LogP contribution in [0.25, 0.3) is 11.1 Å². The molecular formula is C19H21N3O4. The Balaban J connectivity index is 1.48. The van der Waals surface area contributed by atoms with Gasteiger partial charge in [-0.1, -0.05) is 12.1 Å². The average Bonchev–Trinajstić information content (AvgIpc) is 3.22. The summed E-state index contributed by atoms with van der Waals surface area (Å²) in [6.07, 6.45) is 1.57. The molecule has 0 saturated carbocycles. The van der Waals surface area contributed by atoms with Crippen molar-refractivity contribution in [1.29, 1.82) is 0 Å². The Morgan fingerprint density at radius 3 is 2.62 bits per heavy atom. The van der Waals surface area contributed by atoms with Gasteiger partial charge in [-0.05, 0) is 24.6 Å². The van der Waals surface area contributed by atoms with Gasteiger partial charge in [-0.15, -0.1) is 0 Å². The first-order valence-electron chi connectivity index (χ1n) is 8.38. The van der Waals surface area contributed by atoms with Crippen molar-refractivity contribution in [3.8, 4) is 5.75 Å². The Labute approximate surface area is 150 Å². The topological polar surface area (TPSA) is 85.5 Å². The van der Waals surface area contributed by atoms with Crippen LogP contribution in [0.1, 0.15) is 23.0 Å². The summed E-state index contributed by atoms with van der Waals surface area (Å²) < 4.78 is 12.4. The highest BCUT2D eigenvalue weighted by Gasteiger charge is 2.15. The van der Waals surface area contributed by atoms with Crippen molar-refractivity contribution in [2.75, 3.05) is 13.2 Å². The fourth-order valence-corrected chi connectivity index (χ4v) is 2.65. The lowest BCUT2D eigenvalue weighted by Gasteiger charge is -2.08. The largest absolute Gasteiger partial charge is 0.494 e. The number of hydrogen-bond donors (Lipinski definition) is 2. The van der Waals surface area contributed by atoms with E-state index in [1.165, 1.54) is 0 Å². The first-order valence-corrected chi connectivity index (χ1v) is 8.38. The summed E-state index contributed by atoms with van der Waals surface area (Å²) in [6.45, 7) is 2.83. The number of fused-ring (bicyclic) bond motifs is 1. The number of rotatable bonds is 7. The SMILES string of the molecule is CCOc1ccc(CNC(=O)CNC(=O)c2cc3occc3n2C)cc1. The lowest BCUT2D eigenvalue weighted by Crippen LogP contribution is -2.37. The van der Waals surface area contributed by atoms with Crippen molar-refractivity contribution in [2.24, 2.45) is 7.05 Å². The van der Waals surface area contributed by atoms with Crippen LogP contribution in [0.5, 0.6) is 5.75 Å². The number of benzene rings is 1. The van der Waals surface area contributed by atoms with Crippen LogP contribution in [-0.4, -0.2) is 29.5 Å². The molecule has 0 fully saturated rings. The Morgan fingerprint density at radius 2 is 1.92 bits per heavy atom. The quantitative estimate of drug-likeness (QED) is 0.680. The number of carbonyl (C=O) groups is 2. The van der Waals surface area contributed by atoms with Gasteiger partial charge in [-0.3, -0.25) is 9.59 Å². The third-order valence-electron chi connectivity index (χ3n) is 4.03. The molecule has 0 saturated heterocycles. The van der Waals surface area contributed by atoms with E-state index in [9.17, 15) is 9.59 Å². The first kappa shape index (κ1) is 17.6. The summed E-state index contributed by atoms with van der Waals surface area (Å²) in [5, 5.41) is 5.39. The number of furan rings is 1. The van der Waals surface area contributed by atoms with Gasteiger partial charge >= 0.3 is 0 Å². The zero-order chi connectivity index (χ0) is 18.5. The minimum absolute atomic E-state index is 0.0948. The van der Waals surface area contributed by atoms with Gasteiger partial charge in [0.25, 0.3) is 5.91 Å². The molecule has 7 nitrogen and oxygen atoms in total. The van der Waals surface area contributed by atoms with Gasteiger partial charge in [-0.2, -0.15) is 0 Å². The smallest absolute Gasteiger partial charge is 0.268 e. The van der Waals surface area contributed by atoms with Gasteiger partial charge in [0.15, 0.2) is 5.58 Å². The number of aromatic nitrogens is 1. The monoisotopic (exact) mass is 355 g/mol. The van der Waals surface area contributed by atoms with Crippen molar-refractivity contribution in [3.63, 3.8) is 0 Å². The maximum Gasteiger partial charge on any atom is 0.268 e. The minimum Gasteiger partial charge on any atom is -0.494 e. The van der Waals surface area contributed by atoms with Crippen LogP contribution in [0.3, 0.4) is 0 Å². The molecule has 26 heavy (non-hydrogen) atoms. The molecule has 2 amide bonds. The maximum atomic E-state index is 12.2. The van der Waals surface area contributed by atoms with Gasteiger partial charge in [0.2, 0.25) is 5.91 Å². The lowest BCUT2D eigenvalue weighted by molar-refractivity contribution is -0.120. The van der Waals surface area contributed by atoms with Crippen LogP contribution in [0, 0.1) is 0 Å². The molecule has 136 valence electrons. The van der Waals surface area contributed by atoms with Crippen LogP contribution in [-0.2, 0) is 18.4 Å². The molecule has 0 atom stereocenters. The minimum atomic E-state index is -0.324. The molecule has 7 heteroatoms. The van der Waals surface area contributed by atoms with E-state index in [0.717, 1.165) is 16.8 Å². The number of ether oxygens (including phenoxy) is 1. The molecule has 3 aromatic rings. The summed E-state index contributed by atoms with van der Waals surface area (Å²) in [5.74, 6) is 0.211. The molecule has 0 radical (unpaired) electrons. The molecule has 0 aliphatic heterocycles. The molecule has 2 aromatic heterocycles. The molecule has 3 rings (SSSR count). The molecule has 0 unspecified atom stereocenters. The second kappa shape index (κ2) is 7.77. The van der Waals surface area contributed by atoms with Crippen molar-refractivity contribution < 1.29 is 18.7 Å². The van der Waals surface area contributed by atoms with Crippen LogP contribution in [0.2, 0.25) is 0 Å². The van der Waals surface area contributed by atoms with E-state index >= 15 is 0 Å². The summed E-state index contributed by atoms with van der Waals surface area (Å²) in [4.78, 5) is 24.2. The molecule has 2 heterocycles. The molecule has 0 aliphatic carbocycles. The van der Waals surface area contributed by atoms with Crippen molar-refractivity contribution in [2.45, 2.75) is 13.5 Å². The molecular weight excluding hydrogens is 334 g/mol. The summed E-state index contributed by atoms with van der Waals surface area (Å²) in [5.41, 5.74) is 2.86. The molecule has 2 N–H and O–H groups in total. The zero-order valence-electron chi connectivity index (χ0n) is 14.7. The molecule has 0 bridgehead atoms. The van der Waals surface area contributed by atoms with Gasteiger partial charge in [0.1, 0.15) is 11.4 Å². The Kier molecular flexibility index (Phi) is 5.26. The number of hydrogen-bond acceptors (Lipinski definition) is 4. The van der Waals surface area contributed by atoms with Gasteiger partial charge < -0.3 is 24.4 Å². The van der Waals surface area contributed by atoms with Gasteiger partial charge in [-0.25, -0.2) is 0 Å². The van der Waals surface area contributed by atoms with Crippen LogP contribution < -0.4 is 15.4 Å². The lowest BCUT2D eigenvalue weighted by atomic mass is 10.2. The second-order valence-corrected chi connectivity index (χ2v) is 5.80. The summed E-state index contributed by atoms with van der Waals surface area (Å²) in [7, 11) is 1.78. The number of amides is 2. The number of nitrogens with one attached hydrogen (secondary N) is 2. The molecule has 0 aliphatic rings. The number of nitrogens with zero attached hydrogens (tertiary/aromatic N) is 1. The third-order valence-corrected chi connectivity index (χ3v) is 4.03. The first-order chi connectivity index (χ1) is 12.6. The summed E-state index contributed by atoms with van der Waals surface area (Å²) in [6, 6.07) is 10.9. The fourth-order valence-electron chi connectivity index (χ4n) is 2.65. The molecule has 1 aromatic carbocycles. The summed E-state index contributed by atoms with van der Waals surface area (Å²) >= 11 is 0. The Morgan fingerprint density at radius 1 is 1.15 bits per heavy atom. The predicted octanol–water partition coefficient (Wildman–Crippen LogP) is 2.22. The van der Waals surface area contributed by atoms with Crippen molar-refractivity contribution >= 4 is 22.9 Å². The van der Waals surface area contributed by atoms with E-state index in [-0.39, 0.29) is 18.4 Å². The maximum absolute atomic E-state index is 12.2. The standard InChI is InChI=1S/C19H21N3O4/c1-3-25-14-6-4-13(5-7-14)11-20-18(23)12-21-19(24)16-10-17-15(22(16)2)8-9-26-17/h4-10H,3,11-12H2,1-2H3,(H,20,23)(H,21,24). The highest BCUT2D eigenvalue weighted by molar-refractivity contribution is 5.99. The van der Waals surface area contributed by atoms with E-state index < -0.39 is 0 Å². The van der Waals surface area contributed by atoms with Crippen LogP contribution >= 0.6 is 0 Å². The third kappa shape index (κ3) is 3.88. The fraction of sp³-hybridized carbons (Fsp3) is 0.263. The van der Waals surface area contributed by atoms with E-state index in [0.29, 0.717) is 24.4 Å². The van der Waals surface area contributed by atoms with Crippen LogP contribution in [0.15, 0.2) is 47.1 Å². The normalized spacial score (nSPS) is 10.7. The van der Waals surface area contributed by atoms with Gasteiger partial charge in [0, 0.05) is 25.7 Å². The van der Waals surface area contributed by atoms with E-state index in [1.807, 2.05) is 31.2 Å². The average molecular weight is 355 g/mol.